The molecule has 5 nitrogen and oxygen atoms in total. The fourth-order valence-electron chi connectivity index (χ4n) is 5.07. The molecule has 4 rings (SSSR count). The van der Waals surface area contributed by atoms with E-state index in [4.69, 9.17) is 0 Å². The van der Waals surface area contributed by atoms with Gasteiger partial charge in [-0.2, -0.15) is 0 Å². The molecule has 1 amide bonds. The monoisotopic (exact) mass is 438 g/mol. The number of piperidine rings is 1. The number of hydrogen-bond acceptors (Lipinski definition) is 4. The van der Waals surface area contributed by atoms with Gasteiger partial charge in [-0.05, 0) is 62.2 Å². The summed E-state index contributed by atoms with van der Waals surface area (Å²) in [6.45, 7) is 7.54. The van der Waals surface area contributed by atoms with Crippen LogP contribution >= 0.6 is 0 Å². The Morgan fingerprint density at radius 1 is 1.00 bits per heavy atom. The van der Waals surface area contributed by atoms with Gasteiger partial charge in [0.2, 0.25) is 5.91 Å². The third-order valence-electron chi connectivity index (χ3n) is 6.90. The summed E-state index contributed by atoms with van der Waals surface area (Å²) in [4.78, 5) is 20.2. The van der Waals surface area contributed by atoms with Gasteiger partial charge >= 0.3 is 0 Å². The van der Waals surface area contributed by atoms with E-state index >= 15 is 0 Å². The highest BCUT2D eigenvalue weighted by Crippen LogP contribution is 2.28. The Morgan fingerprint density at radius 2 is 1.72 bits per heavy atom. The van der Waals surface area contributed by atoms with Gasteiger partial charge in [-0.3, -0.25) is 14.6 Å². The molecule has 2 aliphatic rings. The predicted octanol–water partition coefficient (Wildman–Crippen LogP) is 3.68. The smallest absolute Gasteiger partial charge is 0.224 e. The van der Waals surface area contributed by atoms with E-state index < -0.39 is 0 Å². The number of benzene rings is 2. The van der Waals surface area contributed by atoms with Crippen molar-refractivity contribution < 1.29 is 9.18 Å². The normalized spacial score (nSPS) is 23.2. The number of likely N-dealkylation sites (N-methyl/N-ethyl adjacent to an activating group) is 1. The van der Waals surface area contributed by atoms with Gasteiger partial charge in [-0.1, -0.05) is 30.3 Å². The second kappa shape index (κ2) is 11.0. The number of carbonyl (C=O) groups excluding carboxylic acids is 1. The van der Waals surface area contributed by atoms with Crippen LogP contribution < -0.4 is 5.32 Å². The van der Waals surface area contributed by atoms with Crippen LogP contribution in [0.25, 0.3) is 0 Å². The van der Waals surface area contributed by atoms with E-state index in [-0.39, 0.29) is 11.7 Å². The van der Waals surface area contributed by atoms with E-state index in [1.807, 2.05) is 0 Å². The molecule has 2 atom stereocenters. The van der Waals surface area contributed by atoms with Gasteiger partial charge < -0.3 is 10.2 Å². The lowest BCUT2D eigenvalue weighted by Gasteiger charge is -2.46. The Hall–Kier alpha value is -2.28. The fraction of sp³-hybridized carbons (Fsp3) is 0.500. The number of carbonyl (C=O) groups is 1. The molecule has 32 heavy (non-hydrogen) atoms. The minimum absolute atomic E-state index is 0.00826. The van der Waals surface area contributed by atoms with Crippen molar-refractivity contribution in [3.63, 3.8) is 0 Å². The zero-order valence-corrected chi connectivity index (χ0v) is 19.0. The molecule has 0 aromatic heterocycles. The summed E-state index contributed by atoms with van der Waals surface area (Å²) in [5, 5.41) is 2.92. The molecule has 2 saturated heterocycles. The highest BCUT2D eigenvalue weighted by atomic mass is 19.1. The minimum Gasteiger partial charge on any atom is -0.326 e. The molecular formula is C26H35FN4O. The van der Waals surface area contributed by atoms with Crippen LogP contribution in [-0.4, -0.2) is 73.0 Å². The van der Waals surface area contributed by atoms with E-state index in [1.165, 1.54) is 17.7 Å². The number of nitrogens with zero attached hydrogens (tertiary/aromatic N) is 3. The lowest BCUT2D eigenvalue weighted by molar-refractivity contribution is -0.116. The first-order valence-electron chi connectivity index (χ1n) is 11.8. The Morgan fingerprint density at radius 3 is 2.44 bits per heavy atom. The molecule has 0 bridgehead atoms. The van der Waals surface area contributed by atoms with Crippen molar-refractivity contribution in [2.75, 3.05) is 51.6 Å². The first-order chi connectivity index (χ1) is 15.6. The average molecular weight is 439 g/mol. The first-order valence-corrected chi connectivity index (χ1v) is 11.8. The van der Waals surface area contributed by atoms with Gasteiger partial charge in [0, 0.05) is 57.4 Å². The third kappa shape index (κ3) is 6.37. The molecule has 172 valence electrons. The molecule has 0 radical (unpaired) electrons. The van der Waals surface area contributed by atoms with Crippen LogP contribution in [0.3, 0.4) is 0 Å². The Labute approximate surface area is 191 Å². The first kappa shape index (κ1) is 22.9. The number of nitrogens with one attached hydrogen (secondary N) is 1. The molecular weight excluding hydrogens is 403 g/mol. The summed E-state index contributed by atoms with van der Waals surface area (Å²) in [7, 11) is 2.19. The molecule has 2 aromatic rings. The van der Waals surface area contributed by atoms with Crippen LogP contribution in [0, 0.1) is 11.7 Å². The molecule has 6 heteroatoms. The zero-order chi connectivity index (χ0) is 22.3. The topological polar surface area (TPSA) is 38.8 Å². The largest absolute Gasteiger partial charge is 0.326 e. The molecule has 0 saturated carbocycles. The van der Waals surface area contributed by atoms with Crippen molar-refractivity contribution in [2.24, 2.45) is 5.92 Å². The third-order valence-corrected chi connectivity index (χ3v) is 6.90. The molecule has 2 aliphatic heterocycles. The summed E-state index contributed by atoms with van der Waals surface area (Å²) in [6.07, 6.45) is 2.52. The summed E-state index contributed by atoms with van der Waals surface area (Å²) in [5.74, 6) is 0.183. The standard InChI is InChI=1S/C26H35FN4O/c1-29-15-17-31(18-16-29)25-13-14-30(19-21-5-3-2-4-6-21)20-22(25)7-12-26(32)28-24-10-8-23(27)9-11-24/h2-6,8-11,22,25H,7,12-20H2,1H3,(H,28,32)/t22-,25+/m0/s1. The van der Waals surface area contributed by atoms with Crippen molar-refractivity contribution in [3.8, 4) is 0 Å². The van der Waals surface area contributed by atoms with Gasteiger partial charge in [0.15, 0.2) is 0 Å². The maximum absolute atomic E-state index is 13.1. The van der Waals surface area contributed by atoms with E-state index in [2.05, 4.69) is 57.4 Å². The summed E-state index contributed by atoms with van der Waals surface area (Å²) in [5.41, 5.74) is 2.00. The summed E-state index contributed by atoms with van der Waals surface area (Å²) >= 11 is 0. The second-order valence-electron chi connectivity index (χ2n) is 9.27. The van der Waals surface area contributed by atoms with Gasteiger partial charge in [-0.15, -0.1) is 0 Å². The number of piperazine rings is 1. The maximum Gasteiger partial charge on any atom is 0.224 e. The van der Waals surface area contributed by atoms with Gasteiger partial charge in [-0.25, -0.2) is 4.39 Å². The highest BCUT2D eigenvalue weighted by Gasteiger charge is 2.34. The number of anilines is 1. The van der Waals surface area contributed by atoms with Gasteiger partial charge in [0.1, 0.15) is 5.82 Å². The van der Waals surface area contributed by atoms with Gasteiger partial charge in [0.25, 0.3) is 0 Å². The average Bonchev–Trinajstić information content (AvgIpc) is 2.81. The van der Waals surface area contributed by atoms with Crippen molar-refractivity contribution >= 4 is 11.6 Å². The Bertz CT molecular complexity index is 852. The van der Waals surface area contributed by atoms with Gasteiger partial charge in [0.05, 0.1) is 0 Å². The molecule has 0 spiro atoms. The molecule has 0 aliphatic carbocycles. The Balaban J connectivity index is 1.37. The number of rotatable bonds is 7. The van der Waals surface area contributed by atoms with Crippen molar-refractivity contribution in [3.05, 3.63) is 66.0 Å². The van der Waals surface area contributed by atoms with Crippen LogP contribution in [0.1, 0.15) is 24.8 Å². The van der Waals surface area contributed by atoms with Crippen molar-refractivity contribution in [1.82, 2.24) is 14.7 Å². The second-order valence-corrected chi connectivity index (χ2v) is 9.27. The fourth-order valence-corrected chi connectivity index (χ4v) is 5.07. The predicted molar refractivity (Wildman–Crippen MR) is 127 cm³/mol. The van der Waals surface area contributed by atoms with Crippen LogP contribution in [0.5, 0.6) is 0 Å². The van der Waals surface area contributed by atoms with Crippen molar-refractivity contribution in [2.45, 2.75) is 31.8 Å². The van der Waals surface area contributed by atoms with E-state index in [0.717, 1.165) is 58.7 Å². The Kier molecular flexibility index (Phi) is 7.90. The zero-order valence-electron chi connectivity index (χ0n) is 19.0. The summed E-state index contributed by atoms with van der Waals surface area (Å²) < 4.78 is 13.1. The number of halogens is 1. The lowest BCUT2D eigenvalue weighted by atomic mass is 9.86. The van der Waals surface area contributed by atoms with E-state index in [0.29, 0.717) is 24.1 Å². The van der Waals surface area contributed by atoms with Crippen LogP contribution in [0.2, 0.25) is 0 Å². The quantitative estimate of drug-likeness (QED) is 0.716. The van der Waals surface area contributed by atoms with Crippen LogP contribution in [0.15, 0.2) is 54.6 Å². The van der Waals surface area contributed by atoms with Crippen LogP contribution in [0.4, 0.5) is 10.1 Å². The minimum atomic E-state index is -0.293. The molecule has 2 aromatic carbocycles. The van der Waals surface area contributed by atoms with Crippen LogP contribution in [-0.2, 0) is 11.3 Å². The number of likely N-dealkylation sites (tertiary alicyclic amines) is 1. The lowest BCUT2D eigenvalue weighted by Crippen LogP contribution is -2.56. The van der Waals surface area contributed by atoms with E-state index in [1.54, 1.807) is 12.1 Å². The molecule has 0 unspecified atom stereocenters. The number of hydrogen-bond donors (Lipinski definition) is 1. The maximum atomic E-state index is 13.1. The number of amides is 1. The molecule has 2 heterocycles. The summed E-state index contributed by atoms with van der Waals surface area (Å²) in [6, 6.07) is 17.2. The highest BCUT2D eigenvalue weighted by molar-refractivity contribution is 5.90. The molecule has 2 fully saturated rings. The van der Waals surface area contributed by atoms with Crippen molar-refractivity contribution in [1.29, 1.82) is 0 Å². The molecule has 1 N–H and O–H groups in total. The van der Waals surface area contributed by atoms with E-state index in [9.17, 15) is 9.18 Å². The SMILES string of the molecule is CN1CCN([C@@H]2CCN(Cc3ccccc3)C[C@@H]2CCC(=O)Nc2ccc(F)cc2)CC1.